The quantitative estimate of drug-likeness (QED) is 0.466. The summed E-state index contributed by atoms with van der Waals surface area (Å²) in [4.78, 5) is 15.9. The van der Waals surface area contributed by atoms with E-state index >= 15 is 0 Å². The van der Waals surface area contributed by atoms with Gasteiger partial charge in [0.15, 0.2) is 0 Å². The number of methoxy groups -OCH3 is 1. The molecule has 1 aliphatic heterocycles. The summed E-state index contributed by atoms with van der Waals surface area (Å²) >= 11 is 0. The second kappa shape index (κ2) is 9.52. The van der Waals surface area contributed by atoms with Gasteiger partial charge in [-0.25, -0.2) is 13.4 Å². The Bertz CT molecular complexity index is 1230. The zero-order valence-electron chi connectivity index (χ0n) is 19.1. The summed E-state index contributed by atoms with van der Waals surface area (Å²) in [6, 6.07) is 8.53. The number of pyridine rings is 1. The molecule has 2 aromatic heterocycles. The van der Waals surface area contributed by atoms with E-state index in [1.54, 1.807) is 41.9 Å². The third-order valence-electron chi connectivity index (χ3n) is 5.95. The van der Waals surface area contributed by atoms with Crippen molar-refractivity contribution in [1.29, 1.82) is 0 Å². The van der Waals surface area contributed by atoms with Crippen LogP contribution in [0.4, 0.5) is 0 Å². The smallest absolute Gasteiger partial charge is 0.243 e. The Kier molecular flexibility index (Phi) is 6.71. The number of hydrogen-bond donors (Lipinski definition) is 0. The molecule has 0 spiro atoms. The first-order valence-electron chi connectivity index (χ1n) is 11.1. The van der Waals surface area contributed by atoms with Gasteiger partial charge in [0.1, 0.15) is 23.4 Å². The fourth-order valence-electron chi connectivity index (χ4n) is 4.35. The lowest BCUT2D eigenvalue weighted by Crippen LogP contribution is -2.37. The molecule has 0 radical (unpaired) electrons. The highest BCUT2D eigenvalue weighted by Gasteiger charge is 2.31. The van der Waals surface area contributed by atoms with E-state index in [2.05, 4.69) is 4.98 Å². The Morgan fingerprint density at radius 1 is 1.15 bits per heavy atom. The number of aromatic nitrogens is 2. The first kappa shape index (κ1) is 23.3. The van der Waals surface area contributed by atoms with Crippen LogP contribution in [0.2, 0.25) is 0 Å². The lowest BCUT2D eigenvalue weighted by Gasteiger charge is -2.31. The zero-order valence-corrected chi connectivity index (χ0v) is 19.9. The molecular formula is C24H29N3O5S. The highest BCUT2D eigenvalue weighted by atomic mass is 32.2. The maximum atomic E-state index is 13.2. The highest BCUT2D eigenvalue weighted by Crippen LogP contribution is 2.36. The number of ether oxygens (including phenoxy) is 2. The van der Waals surface area contributed by atoms with Crippen molar-refractivity contribution in [3.05, 3.63) is 48.3 Å². The second-order valence-corrected chi connectivity index (χ2v) is 10.4. The molecule has 1 saturated heterocycles. The number of carbonyl (C=O) groups is 1. The minimum atomic E-state index is -3.58. The lowest BCUT2D eigenvalue weighted by atomic mass is 9.90. The van der Waals surface area contributed by atoms with Gasteiger partial charge in [0.05, 0.1) is 30.9 Å². The van der Waals surface area contributed by atoms with Crippen LogP contribution in [0.3, 0.4) is 0 Å². The van der Waals surface area contributed by atoms with Crippen molar-refractivity contribution in [2.75, 3.05) is 20.2 Å². The van der Waals surface area contributed by atoms with Crippen LogP contribution in [0.1, 0.15) is 38.2 Å². The average Bonchev–Trinajstić information content (AvgIpc) is 3.17. The minimum absolute atomic E-state index is 0.0270. The molecule has 3 aromatic rings. The SMILES string of the molecule is COc1cnc2c(c1)c(C1CCN(S(=O)(=O)c3ccc(OC(C)C)cc3)CC1)cn2CC=O. The van der Waals surface area contributed by atoms with Crippen LogP contribution in [-0.2, 0) is 21.4 Å². The predicted octanol–water partition coefficient (Wildman–Crippen LogP) is 3.60. The molecule has 1 fully saturated rings. The topological polar surface area (TPSA) is 90.7 Å². The average molecular weight is 472 g/mol. The molecule has 0 amide bonds. The molecule has 33 heavy (non-hydrogen) atoms. The van der Waals surface area contributed by atoms with Crippen LogP contribution in [0.25, 0.3) is 11.0 Å². The molecular weight excluding hydrogens is 442 g/mol. The van der Waals surface area contributed by atoms with E-state index in [9.17, 15) is 13.2 Å². The Morgan fingerprint density at radius 3 is 2.45 bits per heavy atom. The van der Waals surface area contributed by atoms with E-state index in [4.69, 9.17) is 9.47 Å². The molecule has 1 aromatic carbocycles. The van der Waals surface area contributed by atoms with E-state index in [0.29, 0.717) is 37.4 Å². The lowest BCUT2D eigenvalue weighted by molar-refractivity contribution is -0.108. The Morgan fingerprint density at radius 2 is 1.85 bits per heavy atom. The van der Waals surface area contributed by atoms with Gasteiger partial charge in [0.25, 0.3) is 0 Å². The van der Waals surface area contributed by atoms with Crippen molar-refractivity contribution in [1.82, 2.24) is 13.9 Å². The van der Waals surface area contributed by atoms with E-state index in [-0.39, 0.29) is 23.5 Å². The van der Waals surface area contributed by atoms with Gasteiger partial charge in [-0.05, 0) is 68.5 Å². The van der Waals surface area contributed by atoms with Gasteiger partial charge in [0, 0.05) is 24.7 Å². The van der Waals surface area contributed by atoms with Gasteiger partial charge < -0.3 is 18.8 Å². The van der Waals surface area contributed by atoms with Crippen molar-refractivity contribution in [3.8, 4) is 11.5 Å². The van der Waals surface area contributed by atoms with Crippen molar-refractivity contribution in [2.45, 2.75) is 50.2 Å². The van der Waals surface area contributed by atoms with Gasteiger partial charge in [-0.1, -0.05) is 0 Å². The largest absolute Gasteiger partial charge is 0.495 e. The van der Waals surface area contributed by atoms with Gasteiger partial charge in [-0.2, -0.15) is 4.31 Å². The third kappa shape index (κ3) is 4.74. The molecule has 8 nitrogen and oxygen atoms in total. The molecule has 0 bridgehead atoms. The van der Waals surface area contributed by atoms with Crippen molar-refractivity contribution >= 4 is 27.3 Å². The van der Waals surface area contributed by atoms with Gasteiger partial charge >= 0.3 is 0 Å². The molecule has 0 saturated carbocycles. The molecule has 1 aliphatic rings. The minimum Gasteiger partial charge on any atom is -0.495 e. The standard InChI is InChI=1S/C24H29N3O5S/c1-17(2)32-19-4-6-21(7-5-19)33(29,30)27-10-8-18(9-11-27)23-16-26(12-13-28)24-22(23)14-20(31-3)15-25-24/h4-7,13-18H,8-12H2,1-3H3. The summed E-state index contributed by atoms with van der Waals surface area (Å²) in [6.07, 6.45) is 5.85. The van der Waals surface area contributed by atoms with Gasteiger partial charge in [0.2, 0.25) is 10.0 Å². The molecule has 0 aliphatic carbocycles. The maximum Gasteiger partial charge on any atom is 0.243 e. The fourth-order valence-corrected chi connectivity index (χ4v) is 5.82. The summed E-state index contributed by atoms with van der Waals surface area (Å²) in [5, 5.41) is 0.943. The third-order valence-corrected chi connectivity index (χ3v) is 7.87. The monoisotopic (exact) mass is 471 g/mol. The summed E-state index contributed by atoms with van der Waals surface area (Å²) in [5.41, 5.74) is 1.81. The number of fused-ring (bicyclic) bond motifs is 1. The summed E-state index contributed by atoms with van der Waals surface area (Å²) < 4.78 is 40.7. The Labute approximate surface area is 194 Å². The number of piperidine rings is 1. The summed E-state index contributed by atoms with van der Waals surface area (Å²) in [7, 11) is -1.98. The highest BCUT2D eigenvalue weighted by molar-refractivity contribution is 7.89. The van der Waals surface area contributed by atoms with Crippen molar-refractivity contribution in [3.63, 3.8) is 0 Å². The molecule has 3 heterocycles. The predicted molar refractivity (Wildman–Crippen MR) is 125 cm³/mol. The normalized spacial score (nSPS) is 15.8. The van der Waals surface area contributed by atoms with Crippen LogP contribution in [0.5, 0.6) is 11.5 Å². The number of benzene rings is 1. The van der Waals surface area contributed by atoms with E-state index in [1.807, 2.05) is 30.7 Å². The number of carbonyl (C=O) groups excluding carboxylic acids is 1. The molecule has 0 atom stereocenters. The van der Waals surface area contributed by atoms with Crippen LogP contribution in [0.15, 0.2) is 47.6 Å². The van der Waals surface area contributed by atoms with Crippen molar-refractivity contribution in [2.24, 2.45) is 0 Å². The molecule has 0 N–H and O–H groups in total. The maximum absolute atomic E-state index is 13.2. The van der Waals surface area contributed by atoms with Gasteiger partial charge in [-0.15, -0.1) is 0 Å². The Hall–Kier alpha value is -2.91. The number of nitrogens with zero attached hydrogens (tertiary/aromatic N) is 3. The van der Waals surface area contributed by atoms with Crippen LogP contribution >= 0.6 is 0 Å². The number of aldehydes is 1. The molecule has 0 unspecified atom stereocenters. The fraction of sp³-hybridized carbons (Fsp3) is 0.417. The van der Waals surface area contributed by atoms with E-state index < -0.39 is 10.0 Å². The van der Waals surface area contributed by atoms with E-state index in [0.717, 1.165) is 22.9 Å². The zero-order chi connectivity index (χ0) is 23.6. The van der Waals surface area contributed by atoms with Crippen LogP contribution in [0, 0.1) is 0 Å². The van der Waals surface area contributed by atoms with Gasteiger partial charge in [-0.3, -0.25) is 0 Å². The first-order valence-corrected chi connectivity index (χ1v) is 12.5. The summed E-state index contributed by atoms with van der Waals surface area (Å²) in [6.45, 7) is 4.93. The Balaban J connectivity index is 1.53. The molecule has 4 rings (SSSR count). The van der Waals surface area contributed by atoms with Crippen LogP contribution in [-0.4, -0.2) is 54.9 Å². The summed E-state index contributed by atoms with van der Waals surface area (Å²) in [5.74, 6) is 1.47. The van der Waals surface area contributed by atoms with Crippen molar-refractivity contribution < 1.29 is 22.7 Å². The first-order chi connectivity index (χ1) is 15.8. The second-order valence-electron chi connectivity index (χ2n) is 8.47. The van der Waals surface area contributed by atoms with Crippen LogP contribution < -0.4 is 9.47 Å². The molecule has 176 valence electrons. The number of hydrogen-bond acceptors (Lipinski definition) is 6. The number of rotatable bonds is 8. The number of sulfonamides is 1. The molecule has 9 heteroatoms. The van der Waals surface area contributed by atoms with E-state index in [1.165, 1.54) is 0 Å².